The van der Waals surface area contributed by atoms with Crippen molar-refractivity contribution < 1.29 is 4.79 Å². The molecule has 0 bridgehead atoms. The first-order valence-corrected chi connectivity index (χ1v) is 7.17. The van der Waals surface area contributed by atoms with Gasteiger partial charge in [-0.05, 0) is 38.8 Å². The number of nitrogens with one attached hydrogen (secondary N) is 2. The summed E-state index contributed by atoms with van der Waals surface area (Å²) < 4.78 is 0. The summed E-state index contributed by atoms with van der Waals surface area (Å²) in [5.74, 6) is 0.450. The summed E-state index contributed by atoms with van der Waals surface area (Å²) >= 11 is 0. The molecule has 0 radical (unpaired) electrons. The molecule has 1 fully saturated rings. The normalized spacial score (nSPS) is 18.2. The summed E-state index contributed by atoms with van der Waals surface area (Å²) in [6.07, 6.45) is 5.57. The number of hydrogen-bond donors (Lipinski definition) is 2. The number of piperidine rings is 1. The summed E-state index contributed by atoms with van der Waals surface area (Å²) in [6, 6.07) is 0. The van der Waals surface area contributed by atoms with E-state index in [1.54, 1.807) is 6.20 Å². The molecule has 0 saturated carbocycles. The van der Waals surface area contributed by atoms with Crippen molar-refractivity contribution in [3.05, 3.63) is 17.5 Å². The Morgan fingerprint density at radius 1 is 1.47 bits per heavy atom. The highest BCUT2D eigenvalue weighted by Crippen LogP contribution is 2.10. The van der Waals surface area contributed by atoms with Gasteiger partial charge in [0.05, 0.1) is 11.8 Å². The van der Waals surface area contributed by atoms with Crippen molar-refractivity contribution in [2.75, 3.05) is 26.2 Å². The molecular formula is C14H24N4O. The van der Waals surface area contributed by atoms with Gasteiger partial charge in [0.25, 0.3) is 5.91 Å². The minimum atomic E-state index is -0.0308. The Labute approximate surface area is 114 Å². The van der Waals surface area contributed by atoms with Gasteiger partial charge in [0.1, 0.15) is 0 Å². The number of nitrogens with zero attached hydrogens (tertiary/aromatic N) is 2. The first kappa shape index (κ1) is 14.1. The Morgan fingerprint density at radius 2 is 2.21 bits per heavy atom. The van der Waals surface area contributed by atoms with Gasteiger partial charge < -0.3 is 10.2 Å². The number of hydrogen-bond acceptors (Lipinski definition) is 3. The molecule has 5 heteroatoms. The third-order valence-electron chi connectivity index (χ3n) is 3.70. The molecule has 5 nitrogen and oxygen atoms in total. The molecule has 0 aromatic carbocycles. The second-order valence-electron chi connectivity index (χ2n) is 5.59. The number of carbonyl (C=O) groups is 1. The molecule has 1 saturated heterocycles. The van der Waals surface area contributed by atoms with E-state index in [1.807, 2.05) is 6.92 Å². The van der Waals surface area contributed by atoms with E-state index in [-0.39, 0.29) is 5.91 Å². The van der Waals surface area contributed by atoms with Crippen molar-refractivity contribution in [3.63, 3.8) is 0 Å². The highest BCUT2D eigenvalue weighted by Gasteiger charge is 2.15. The minimum absolute atomic E-state index is 0.0308. The Balaban J connectivity index is 1.72. The number of amides is 1. The first-order chi connectivity index (χ1) is 9.16. The predicted molar refractivity (Wildman–Crippen MR) is 75.1 cm³/mol. The number of aryl methyl sites for hydroxylation is 1. The number of H-pyrrole nitrogens is 1. The van der Waals surface area contributed by atoms with Gasteiger partial charge >= 0.3 is 0 Å². The number of rotatable bonds is 5. The van der Waals surface area contributed by atoms with Gasteiger partial charge in [0, 0.05) is 18.8 Å². The van der Waals surface area contributed by atoms with E-state index in [0.717, 1.165) is 18.8 Å². The summed E-state index contributed by atoms with van der Waals surface area (Å²) in [6.45, 7) is 8.26. The smallest absolute Gasteiger partial charge is 0.254 e. The van der Waals surface area contributed by atoms with Crippen molar-refractivity contribution in [1.29, 1.82) is 0 Å². The Kier molecular flexibility index (Phi) is 4.96. The number of carbonyl (C=O) groups excluding carboxylic acids is 1. The maximum absolute atomic E-state index is 11.9. The summed E-state index contributed by atoms with van der Waals surface area (Å²) in [7, 11) is 0. The topological polar surface area (TPSA) is 61.0 Å². The standard InChI is InChI=1S/C14H24N4O/c1-11(10-18-6-4-3-5-7-18)8-15-14(19)13-9-16-17-12(13)2/h9,11H,3-8,10H2,1-2H3,(H,15,19)(H,16,17). The maximum Gasteiger partial charge on any atom is 0.254 e. The van der Waals surface area contributed by atoms with Gasteiger partial charge in [0.2, 0.25) is 0 Å². The van der Waals surface area contributed by atoms with Crippen molar-refractivity contribution in [1.82, 2.24) is 20.4 Å². The maximum atomic E-state index is 11.9. The zero-order valence-corrected chi connectivity index (χ0v) is 11.9. The lowest BCUT2D eigenvalue weighted by Crippen LogP contribution is -2.38. The Morgan fingerprint density at radius 3 is 2.84 bits per heavy atom. The van der Waals surface area contributed by atoms with E-state index >= 15 is 0 Å². The van der Waals surface area contributed by atoms with Gasteiger partial charge in [-0.15, -0.1) is 0 Å². The zero-order chi connectivity index (χ0) is 13.7. The summed E-state index contributed by atoms with van der Waals surface area (Å²) in [5, 5.41) is 9.64. The van der Waals surface area contributed by atoms with Crippen LogP contribution in [0, 0.1) is 12.8 Å². The van der Waals surface area contributed by atoms with Gasteiger partial charge in [-0.25, -0.2) is 0 Å². The molecule has 1 aromatic rings. The molecule has 1 atom stereocenters. The fraction of sp³-hybridized carbons (Fsp3) is 0.714. The molecule has 0 aliphatic carbocycles. The van der Waals surface area contributed by atoms with Crippen LogP contribution < -0.4 is 5.32 Å². The molecule has 1 amide bonds. The van der Waals surface area contributed by atoms with Crippen molar-refractivity contribution >= 4 is 5.91 Å². The van der Waals surface area contributed by atoms with Gasteiger partial charge in [-0.3, -0.25) is 9.89 Å². The van der Waals surface area contributed by atoms with Crippen LogP contribution in [0.4, 0.5) is 0 Å². The van der Waals surface area contributed by atoms with Crippen LogP contribution in [-0.4, -0.2) is 47.2 Å². The molecule has 1 aromatic heterocycles. The highest BCUT2D eigenvalue weighted by molar-refractivity contribution is 5.94. The number of likely N-dealkylation sites (tertiary alicyclic amines) is 1. The molecule has 2 N–H and O–H groups in total. The lowest BCUT2D eigenvalue weighted by atomic mass is 10.1. The second-order valence-corrected chi connectivity index (χ2v) is 5.59. The highest BCUT2D eigenvalue weighted by atomic mass is 16.1. The third kappa shape index (κ3) is 4.06. The lowest BCUT2D eigenvalue weighted by molar-refractivity contribution is 0.0942. The quantitative estimate of drug-likeness (QED) is 0.848. The van der Waals surface area contributed by atoms with E-state index in [4.69, 9.17) is 0 Å². The molecule has 1 aliphatic heterocycles. The lowest BCUT2D eigenvalue weighted by Gasteiger charge is -2.29. The van der Waals surface area contributed by atoms with Crippen LogP contribution in [-0.2, 0) is 0 Å². The van der Waals surface area contributed by atoms with Crippen LogP contribution in [0.5, 0.6) is 0 Å². The molecule has 0 spiro atoms. The first-order valence-electron chi connectivity index (χ1n) is 7.17. The Bertz CT molecular complexity index is 409. The van der Waals surface area contributed by atoms with Gasteiger partial charge in [-0.1, -0.05) is 13.3 Å². The van der Waals surface area contributed by atoms with Gasteiger partial charge in [-0.2, -0.15) is 5.10 Å². The van der Waals surface area contributed by atoms with Crippen molar-refractivity contribution in [3.8, 4) is 0 Å². The van der Waals surface area contributed by atoms with E-state index in [1.165, 1.54) is 32.4 Å². The van der Waals surface area contributed by atoms with Gasteiger partial charge in [0.15, 0.2) is 0 Å². The molecule has 19 heavy (non-hydrogen) atoms. The minimum Gasteiger partial charge on any atom is -0.352 e. The SMILES string of the molecule is Cc1[nH]ncc1C(=O)NCC(C)CN1CCCCC1. The molecule has 1 aliphatic rings. The predicted octanol–water partition coefficient (Wildman–Crippen LogP) is 1.57. The van der Waals surface area contributed by atoms with E-state index in [2.05, 4.69) is 27.3 Å². The van der Waals surface area contributed by atoms with Crippen LogP contribution in [0.1, 0.15) is 42.2 Å². The summed E-state index contributed by atoms with van der Waals surface area (Å²) in [5.41, 5.74) is 1.46. The number of aromatic nitrogens is 2. The Hall–Kier alpha value is -1.36. The monoisotopic (exact) mass is 264 g/mol. The fourth-order valence-electron chi connectivity index (χ4n) is 2.59. The third-order valence-corrected chi connectivity index (χ3v) is 3.70. The van der Waals surface area contributed by atoms with Crippen molar-refractivity contribution in [2.45, 2.75) is 33.1 Å². The van der Waals surface area contributed by atoms with Crippen LogP contribution in [0.3, 0.4) is 0 Å². The van der Waals surface area contributed by atoms with E-state index in [9.17, 15) is 4.79 Å². The van der Waals surface area contributed by atoms with Crippen LogP contribution >= 0.6 is 0 Å². The zero-order valence-electron chi connectivity index (χ0n) is 11.9. The average Bonchev–Trinajstić information content (AvgIpc) is 2.83. The van der Waals surface area contributed by atoms with Crippen LogP contribution in [0.25, 0.3) is 0 Å². The number of aromatic amines is 1. The average molecular weight is 264 g/mol. The molecule has 106 valence electrons. The van der Waals surface area contributed by atoms with Crippen molar-refractivity contribution in [2.24, 2.45) is 5.92 Å². The molecular weight excluding hydrogens is 240 g/mol. The second kappa shape index (κ2) is 6.70. The molecule has 2 heterocycles. The van der Waals surface area contributed by atoms with Crippen LogP contribution in [0.2, 0.25) is 0 Å². The fourth-order valence-corrected chi connectivity index (χ4v) is 2.59. The van der Waals surface area contributed by atoms with Crippen LogP contribution in [0.15, 0.2) is 6.20 Å². The summed E-state index contributed by atoms with van der Waals surface area (Å²) in [4.78, 5) is 14.4. The largest absolute Gasteiger partial charge is 0.352 e. The van der Waals surface area contributed by atoms with E-state index < -0.39 is 0 Å². The van der Waals surface area contributed by atoms with E-state index in [0.29, 0.717) is 11.5 Å². The molecule has 1 unspecified atom stereocenters. The molecule has 2 rings (SSSR count).